The molecule has 0 spiro atoms. The van der Waals surface area contributed by atoms with Gasteiger partial charge in [-0.15, -0.1) is 10.2 Å². The van der Waals surface area contributed by atoms with Crippen LogP contribution < -0.4 is 10.2 Å². The van der Waals surface area contributed by atoms with Gasteiger partial charge in [-0.3, -0.25) is 9.20 Å². The molecule has 27 heavy (non-hydrogen) atoms. The first kappa shape index (κ1) is 17.7. The fraction of sp³-hybridized carbons (Fsp3) is 0.316. The third-order valence-corrected chi connectivity index (χ3v) is 5.09. The minimum Gasteiger partial charge on any atom is -0.340 e. The average Bonchev–Trinajstić information content (AvgIpc) is 3.07. The summed E-state index contributed by atoms with van der Waals surface area (Å²) in [5, 5.41) is 12.0. The zero-order valence-electron chi connectivity index (χ0n) is 14.8. The van der Waals surface area contributed by atoms with Gasteiger partial charge in [-0.05, 0) is 55.7 Å². The standard InChI is InChI=1S/C19H19ClFN5O/c1-12-9-15(21)5-6-16(12)22-18(27)13-3-2-8-25(10-13)19-24-23-17-7-4-14(20)11-26(17)19/h4-7,9,11,13H,2-3,8,10H2,1H3,(H,22,27). The predicted octanol–water partition coefficient (Wildman–Crippen LogP) is 3.69. The van der Waals surface area contributed by atoms with Crippen molar-refractivity contribution in [3.05, 3.63) is 52.9 Å². The van der Waals surface area contributed by atoms with Gasteiger partial charge in [-0.1, -0.05) is 11.6 Å². The molecule has 8 heteroatoms. The van der Waals surface area contributed by atoms with Gasteiger partial charge < -0.3 is 10.2 Å². The molecule has 1 amide bonds. The van der Waals surface area contributed by atoms with Crippen LogP contribution in [-0.4, -0.2) is 33.6 Å². The first-order valence-electron chi connectivity index (χ1n) is 8.83. The maximum absolute atomic E-state index is 13.3. The number of carbonyl (C=O) groups excluding carboxylic acids is 1. The number of carbonyl (C=O) groups is 1. The van der Waals surface area contributed by atoms with Crippen molar-refractivity contribution in [2.45, 2.75) is 19.8 Å². The Labute approximate surface area is 161 Å². The van der Waals surface area contributed by atoms with Crippen LogP contribution in [-0.2, 0) is 4.79 Å². The molecule has 6 nitrogen and oxygen atoms in total. The third kappa shape index (κ3) is 3.60. The second-order valence-electron chi connectivity index (χ2n) is 6.81. The van der Waals surface area contributed by atoms with Crippen molar-refractivity contribution in [3.63, 3.8) is 0 Å². The molecule has 2 aromatic heterocycles. The number of benzene rings is 1. The fourth-order valence-corrected chi connectivity index (χ4v) is 3.60. The van der Waals surface area contributed by atoms with E-state index in [2.05, 4.69) is 20.4 Å². The molecule has 1 unspecified atom stereocenters. The van der Waals surface area contributed by atoms with E-state index in [-0.39, 0.29) is 17.6 Å². The molecular weight excluding hydrogens is 369 g/mol. The first-order valence-corrected chi connectivity index (χ1v) is 9.21. The highest BCUT2D eigenvalue weighted by Crippen LogP contribution is 2.25. The third-order valence-electron chi connectivity index (χ3n) is 4.87. The van der Waals surface area contributed by atoms with Gasteiger partial charge in [0.05, 0.1) is 10.9 Å². The molecule has 1 aliphatic heterocycles. The summed E-state index contributed by atoms with van der Waals surface area (Å²) in [5.74, 6) is 0.116. The zero-order chi connectivity index (χ0) is 19.0. The second-order valence-corrected chi connectivity index (χ2v) is 7.25. The van der Waals surface area contributed by atoms with E-state index in [1.165, 1.54) is 12.1 Å². The van der Waals surface area contributed by atoms with E-state index in [4.69, 9.17) is 11.6 Å². The van der Waals surface area contributed by atoms with Gasteiger partial charge in [0.15, 0.2) is 5.65 Å². The summed E-state index contributed by atoms with van der Waals surface area (Å²) in [5.41, 5.74) is 2.05. The average molecular weight is 388 g/mol. The van der Waals surface area contributed by atoms with Crippen LogP contribution in [0.15, 0.2) is 36.5 Å². The van der Waals surface area contributed by atoms with Crippen LogP contribution in [0.5, 0.6) is 0 Å². The van der Waals surface area contributed by atoms with Crippen molar-refractivity contribution in [2.24, 2.45) is 5.92 Å². The smallest absolute Gasteiger partial charge is 0.231 e. The summed E-state index contributed by atoms with van der Waals surface area (Å²) < 4.78 is 15.1. The largest absolute Gasteiger partial charge is 0.340 e. The number of fused-ring (bicyclic) bond motifs is 1. The topological polar surface area (TPSA) is 62.5 Å². The van der Waals surface area contributed by atoms with Gasteiger partial charge >= 0.3 is 0 Å². The van der Waals surface area contributed by atoms with Crippen molar-refractivity contribution >= 4 is 34.8 Å². The highest BCUT2D eigenvalue weighted by molar-refractivity contribution is 6.30. The first-order chi connectivity index (χ1) is 13.0. The Morgan fingerprint density at radius 3 is 2.96 bits per heavy atom. The van der Waals surface area contributed by atoms with E-state index in [0.717, 1.165) is 19.4 Å². The number of piperidine rings is 1. The Balaban J connectivity index is 1.52. The highest BCUT2D eigenvalue weighted by atomic mass is 35.5. The van der Waals surface area contributed by atoms with Crippen LogP contribution in [0.3, 0.4) is 0 Å². The van der Waals surface area contributed by atoms with E-state index in [9.17, 15) is 9.18 Å². The zero-order valence-corrected chi connectivity index (χ0v) is 15.6. The van der Waals surface area contributed by atoms with Crippen molar-refractivity contribution in [3.8, 4) is 0 Å². The van der Waals surface area contributed by atoms with Crippen molar-refractivity contribution in [2.75, 3.05) is 23.3 Å². The predicted molar refractivity (Wildman–Crippen MR) is 103 cm³/mol. The monoisotopic (exact) mass is 387 g/mol. The van der Waals surface area contributed by atoms with Crippen LogP contribution in [0.4, 0.5) is 16.0 Å². The molecule has 1 aliphatic rings. The number of nitrogens with one attached hydrogen (secondary N) is 1. The lowest BCUT2D eigenvalue weighted by molar-refractivity contribution is -0.120. The van der Waals surface area contributed by atoms with Crippen LogP contribution >= 0.6 is 11.6 Å². The lowest BCUT2D eigenvalue weighted by Gasteiger charge is -2.32. The molecule has 1 N–H and O–H groups in total. The number of amides is 1. The van der Waals surface area contributed by atoms with Gasteiger partial charge in [0, 0.05) is 25.0 Å². The van der Waals surface area contributed by atoms with Gasteiger partial charge in [0.2, 0.25) is 11.9 Å². The Morgan fingerprint density at radius 1 is 1.30 bits per heavy atom. The summed E-state index contributed by atoms with van der Waals surface area (Å²) in [7, 11) is 0. The Bertz CT molecular complexity index is 1000. The number of hydrogen-bond acceptors (Lipinski definition) is 4. The molecule has 0 radical (unpaired) electrons. The molecular formula is C19H19ClFN5O. The molecule has 140 valence electrons. The van der Waals surface area contributed by atoms with E-state index in [0.29, 0.717) is 34.4 Å². The molecule has 3 aromatic rings. The van der Waals surface area contributed by atoms with Crippen molar-refractivity contribution in [1.29, 1.82) is 0 Å². The van der Waals surface area contributed by atoms with Crippen molar-refractivity contribution < 1.29 is 9.18 Å². The minimum absolute atomic E-state index is 0.0683. The maximum Gasteiger partial charge on any atom is 0.231 e. The number of aromatic nitrogens is 3. The summed E-state index contributed by atoms with van der Waals surface area (Å²) >= 11 is 6.10. The van der Waals surface area contributed by atoms with Gasteiger partial charge in [-0.25, -0.2) is 4.39 Å². The normalized spacial score (nSPS) is 17.3. The molecule has 0 aliphatic carbocycles. The summed E-state index contributed by atoms with van der Waals surface area (Å²) in [6.45, 7) is 3.12. The van der Waals surface area contributed by atoms with E-state index >= 15 is 0 Å². The van der Waals surface area contributed by atoms with Crippen LogP contribution in [0.25, 0.3) is 5.65 Å². The number of nitrogens with zero attached hydrogens (tertiary/aromatic N) is 4. The van der Waals surface area contributed by atoms with Crippen LogP contribution in [0.2, 0.25) is 5.02 Å². The van der Waals surface area contributed by atoms with Crippen LogP contribution in [0, 0.1) is 18.7 Å². The number of pyridine rings is 1. The summed E-state index contributed by atoms with van der Waals surface area (Å²) in [6.07, 6.45) is 3.44. The van der Waals surface area contributed by atoms with Gasteiger partial charge in [0.25, 0.3) is 0 Å². The number of hydrogen-bond donors (Lipinski definition) is 1. The molecule has 4 rings (SSSR count). The molecule has 0 saturated carbocycles. The molecule has 3 heterocycles. The number of aryl methyl sites for hydroxylation is 1. The Kier molecular flexibility index (Phi) is 4.70. The minimum atomic E-state index is -0.313. The Morgan fingerprint density at radius 2 is 2.15 bits per heavy atom. The van der Waals surface area contributed by atoms with Crippen LogP contribution in [0.1, 0.15) is 18.4 Å². The van der Waals surface area contributed by atoms with E-state index in [1.807, 2.05) is 10.5 Å². The summed E-state index contributed by atoms with van der Waals surface area (Å²) in [4.78, 5) is 14.8. The highest BCUT2D eigenvalue weighted by Gasteiger charge is 2.28. The quantitative estimate of drug-likeness (QED) is 0.744. The molecule has 1 atom stereocenters. The maximum atomic E-state index is 13.3. The van der Waals surface area contributed by atoms with E-state index in [1.54, 1.807) is 25.3 Å². The number of halogens is 2. The Hall–Kier alpha value is -2.67. The lowest BCUT2D eigenvalue weighted by atomic mass is 9.97. The number of anilines is 2. The number of rotatable bonds is 3. The SMILES string of the molecule is Cc1cc(F)ccc1NC(=O)C1CCCN(c2nnc3ccc(Cl)cn23)C1. The molecule has 0 bridgehead atoms. The second kappa shape index (κ2) is 7.15. The summed E-state index contributed by atoms with van der Waals surface area (Å²) in [6, 6.07) is 7.94. The molecule has 1 aromatic carbocycles. The van der Waals surface area contributed by atoms with Gasteiger partial charge in [-0.2, -0.15) is 0 Å². The van der Waals surface area contributed by atoms with Crippen molar-refractivity contribution in [1.82, 2.24) is 14.6 Å². The molecule has 1 fully saturated rings. The lowest BCUT2D eigenvalue weighted by Crippen LogP contribution is -2.41. The molecule has 1 saturated heterocycles. The van der Waals surface area contributed by atoms with Gasteiger partial charge in [0.1, 0.15) is 5.82 Å². The van der Waals surface area contributed by atoms with E-state index < -0.39 is 0 Å². The fourth-order valence-electron chi connectivity index (χ4n) is 3.44.